The van der Waals surface area contributed by atoms with Gasteiger partial charge in [-0.25, -0.2) is 4.79 Å². The summed E-state index contributed by atoms with van der Waals surface area (Å²) in [5, 5.41) is 0. The molecule has 0 aliphatic carbocycles. The number of likely N-dealkylation sites (tertiary alicyclic amines) is 1. The van der Waals surface area contributed by atoms with Crippen LogP contribution in [0.3, 0.4) is 0 Å². The Morgan fingerprint density at radius 2 is 1.93 bits per heavy atom. The highest BCUT2D eigenvalue weighted by molar-refractivity contribution is 5.68. The highest BCUT2D eigenvalue weighted by atomic mass is 19.4. The summed E-state index contributed by atoms with van der Waals surface area (Å²) in [4.78, 5) is 16.1. The quantitative estimate of drug-likeness (QED) is 0.737. The maximum atomic E-state index is 13.5. The lowest BCUT2D eigenvalue weighted by Gasteiger charge is -2.34. The average Bonchev–Trinajstić information content (AvgIpc) is 3.30. The summed E-state index contributed by atoms with van der Waals surface area (Å²) < 4.78 is 51.4. The van der Waals surface area contributed by atoms with Crippen LogP contribution in [-0.4, -0.2) is 59.9 Å². The Labute approximate surface area is 169 Å². The second kappa shape index (κ2) is 8.52. The third-order valence-corrected chi connectivity index (χ3v) is 5.33. The van der Waals surface area contributed by atoms with Crippen molar-refractivity contribution < 1.29 is 27.4 Å². The smallest absolute Gasteiger partial charge is 0.416 e. The summed E-state index contributed by atoms with van der Waals surface area (Å²) in [6, 6.07) is 5.72. The number of halogens is 3. The second-order valence-electron chi connectivity index (χ2n) is 8.71. The summed E-state index contributed by atoms with van der Waals surface area (Å²) in [6.45, 7) is 7.69. The van der Waals surface area contributed by atoms with Crippen molar-refractivity contribution >= 4 is 6.09 Å². The zero-order chi connectivity index (χ0) is 21.2. The Balaban J connectivity index is 1.77. The van der Waals surface area contributed by atoms with Crippen LogP contribution < -0.4 is 0 Å². The minimum Gasteiger partial charge on any atom is -0.444 e. The molecule has 2 atom stereocenters. The van der Waals surface area contributed by atoms with E-state index in [4.69, 9.17) is 9.47 Å². The van der Waals surface area contributed by atoms with Gasteiger partial charge in [-0.15, -0.1) is 0 Å². The van der Waals surface area contributed by atoms with Crippen molar-refractivity contribution in [1.82, 2.24) is 9.80 Å². The Hall–Kier alpha value is -1.80. The molecule has 0 N–H and O–H groups in total. The van der Waals surface area contributed by atoms with E-state index < -0.39 is 17.3 Å². The van der Waals surface area contributed by atoms with Crippen molar-refractivity contribution in [2.24, 2.45) is 0 Å². The SMILES string of the molecule is CC(C)(C)OC(=O)N1CC[C@@H](N(Cc2ccccc2C(F)(F)F)[C@@H]2CCOC2)C1. The minimum atomic E-state index is -4.40. The van der Waals surface area contributed by atoms with Gasteiger partial charge in [-0.2, -0.15) is 13.2 Å². The molecule has 5 nitrogen and oxygen atoms in total. The normalized spacial score (nSPS) is 23.1. The lowest BCUT2D eigenvalue weighted by molar-refractivity contribution is -0.138. The Bertz CT molecular complexity index is 712. The standard InChI is InChI=1S/C21H29F3N2O3/c1-20(2,3)29-19(27)25-10-8-16(13-25)26(17-9-11-28-14-17)12-15-6-4-5-7-18(15)21(22,23)24/h4-7,16-17H,8-14H2,1-3H3/t16-,17-/m1/s1. The van der Waals surface area contributed by atoms with E-state index in [1.807, 2.05) is 20.8 Å². The lowest BCUT2D eigenvalue weighted by Crippen LogP contribution is -2.45. The van der Waals surface area contributed by atoms with Crippen LogP contribution in [0, 0.1) is 0 Å². The molecule has 2 fully saturated rings. The molecule has 2 saturated heterocycles. The lowest BCUT2D eigenvalue weighted by atomic mass is 10.0. The van der Waals surface area contributed by atoms with Crippen molar-refractivity contribution in [3.63, 3.8) is 0 Å². The van der Waals surface area contributed by atoms with Crippen LogP contribution in [0.1, 0.15) is 44.7 Å². The molecule has 0 bridgehead atoms. The first-order valence-electron chi connectivity index (χ1n) is 10.0. The van der Waals surface area contributed by atoms with Gasteiger partial charge in [0.1, 0.15) is 5.60 Å². The number of carbonyl (C=O) groups is 1. The van der Waals surface area contributed by atoms with Gasteiger partial charge < -0.3 is 14.4 Å². The number of hydrogen-bond acceptors (Lipinski definition) is 4. The summed E-state index contributed by atoms with van der Waals surface area (Å²) in [5.41, 5.74) is -0.937. The molecule has 2 heterocycles. The highest BCUT2D eigenvalue weighted by Crippen LogP contribution is 2.34. The molecule has 2 aliphatic heterocycles. The van der Waals surface area contributed by atoms with E-state index in [0.29, 0.717) is 32.7 Å². The summed E-state index contributed by atoms with van der Waals surface area (Å²) in [6.07, 6.45) is -3.30. The first kappa shape index (κ1) is 21.9. The number of nitrogens with zero attached hydrogens (tertiary/aromatic N) is 2. The molecule has 3 rings (SSSR count). The third kappa shape index (κ3) is 5.63. The van der Waals surface area contributed by atoms with Gasteiger partial charge in [0.05, 0.1) is 12.2 Å². The molecule has 0 aromatic heterocycles. The molecule has 2 aliphatic rings. The molecule has 29 heavy (non-hydrogen) atoms. The molecule has 0 saturated carbocycles. The molecule has 8 heteroatoms. The highest BCUT2D eigenvalue weighted by Gasteiger charge is 2.39. The van der Waals surface area contributed by atoms with Crippen molar-refractivity contribution in [2.75, 3.05) is 26.3 Å². The summed E-state index contributed by atoms with van der Waals surface area (Å²) >= 11 is 0. The molecular weight excluding hydrogens is 385 g/mol. The zero-order valence-electron chi connectivity index (χ0n) is 17.2. The number of ether oxygens (including phenoxy) is 2. The van der Waals surface area contributed by atoms with E-state index in [-0.39, 0.29) is 30.3 Å². The Morgan fingerprint density at radius 3 is 2.55 bits per heavy atom. The van der Waals surface area contributed by atoms with Crippen LogP contribution in [-0.2, 0) is 22.2 Å². The molecule has 1 aromatic rings. The molecule has 162 valence electrons. The molecular formula is C21H29F3N2O3. The van der Waals surface area contributed by atoms with E-state index in [9.17, 15) is 18.0 Å². The van der Waals surface area contributed by atoms with E-state index in [2.05, 4.69) is 4.90 Å². The number of rotatable bonds is 4. The van der Waals surface area contributed by atoms with Gasteiger partial charge in [-0.3, -0.25) is 4.90 Å². The van der Waals surface area contributed by atoms with Crippen LogP contribution >= 0.6 is 0 Å². The Kier molecular flexibility index (Phi) is 6.43. The number of hydrogen-bond donors (Lipinski definition) is 0. The fourth-order valence-corrected chi connectivity index (χ4v) is 3.98. The van der Waals surface area contributed by atoms with Gasteiger partial charge in [0.2, 0.25) is 0 Å². The van der Waals surface area contributed by atoms with Crippen LogP contribution in [0.25, 0.3) is 0 Å². The first-order chi connectivity index (χ1) is 13.5. The maximum Gasteiger partial charge on any atom is 0.416 e. The number of alkyl halides is 3. The van der Waals surface area contributed by atoms with E-state index >= 15 is 0 Å². The van der Waals surface area contributed by atoms with Gasteiger partial charge in [-0.1, -0.05) is 18.2 Å². The monoisotopic (exact) mass is 414 g/mol. The van der Waals surface area contributed by atoms with Crippen LogP contribution in [0.4, 0.5) is 18.0 Å². The summed E-state index contributed by atoms with van der Waals surface area (Å²) in [7, 11) is 0. The number of benzene rings is 1. The van der Waals surface area contributed by atoms with E-state index in [1.165, 1.54) is 12.1 Å². The van der Waals surface area contributed by atoms with Crippen LogP contribution in [0.2, 0.25) is 0 Å². The molecule has 1 amide bonds. The fraction of sp³-hybridized carbons (Fsp3) is 0.667. The van der Waals surface area contributed by atoms with Crippen molar-refractivity contribution in [3.05, 3.63) is 35.4 Å². The third-order valence-electron chi connectivity index (χ3n) is 5.33. The molecule has 1 aromatic carbocycles. The average molecular weight is 414 g/mol. The van der Waals surface area contributed by atoms with Crippen molar-refractivity contribution in [3.8, 4) is 0 Å². The molecule has 0 unspecified atom stereocenters. The minimum absolute atomic E-state index is 0.0319. The van der Waals surface area contributed by atoms with Gasteiger partial charge in [0.25, 0.3) is 0 Å². The van der Waals surface area contributed by atoms with E-state index in [1.54, 1.807) is 11.0 Å². The number of carbonyl (C=O) groups excluding carboxylic acids is 1. The predicted octanol–water partition coefficient (Wildman–Crippen LogP) is 4.31. The summed E-state index contributed by atoms with van der Waals surface area (Å²) in [5.74, 6) is 0. The van der Waals surface area contributed by atoms with Crippen molar-refractivity contribution in [1.29, 1.82) is 0 Å². The zero-order valence-corrected chi connectivity index (χ0v) is 17.2. The Morgan fingerprint density at radius 1 is 1.21 bits per heavy atom. The largest absolute Gasteiger partial charge is 0.444 e. The van der Waals surface area contributed by atoms with Crippen LogP contribution in [0.5, 0.6) is 0 Å². The molecule has 0 spiro atoms. The van der Waals surface area contributed by atoms with Crippen molar-refractivity contribution in [2.45, 2.75) is 64.0 Å². The number of amides is 1. The van der Waals surface area contributed by atoms with Gasteiger partial charge in [0, 0.05) is 38.3 Å². The molecule has 0 radical (unpaired) electrons. The van der Waals surface area contributed by atoms with Crippen LogP contribution in [0.15, 0.2) is 24.3 Å². The van der Waals surface area contributed by atoms with Gasteiger partial charge in [-0.05, 0) is 45.2 Å². The van der Waals surface area contributed by atoms with E-state index in [0.717, 1.165) is 12.5 Å². The van der Waals surface area contributed by atoms with Gasteiger partial charge >= 0.3 is 12.3 Å². The fourth-order valence-electron chi connectivity index (χ4n) is 3.98. The van der Waals surface area contributed by atoms with Gasteiger partial charge in [0.15, 0.2) is 0 Å². The first-order valence-corrected chi connectivity index (χ1v) is 10.0. The topological polar surface area (TPSA) is 42.0 Å². The second-order valence-corrected chi connectivity index (χ2v) is 8.71. The predicted molar refractivity (Wildman–Crippen MR) is 102 cm³/mol. The maximum absolute atomic E-state index is 13.5.